The van der Waals surface area contributed by atoms with E-state index in [-0.39, 0.29) is 30.1 Å². The lowest BCUT2D eigenvalue weighted by Gasteiger charge is -2.33. The first kappa shape index (κ1) is 22.1. The molecule has 1 aromatic carbocycles. The molecule has 1 aromatic rings. The number of nitrogens with one attached hydrogen (secondary N) is 1. The Balaban J connectivity index is 1.60. The van der Waals surface area contributed by atoms with Gasteiger partial charge in [0, 0.05) is 42.9 Å². The highest BCUT2D eigenvalue weighted by atomic mass is 19.3. The molecule has 3 rings (SSSR count). The zero-order valence-corrected chi connectivity index (χ0v) is 16.9. The molecule has 2 amide bonds. The summed E-state index contributed by atoms with van der Waals surface area (Å²) in [6.45, 7) is 2.78. The van der Waals surface area contributed by atoms with E-state index in [1.165, 1.54) is 23.1 Å². The molecule has 164 valence electrons. The average molecular weight is 424 g/mol. The highest BCUT2D eigenvalue weighted by Crippen LogP contribution is 2.24. The van der Waals surface area contributed by atoms with Crippen molar-refractivity contribution in [3.05, 3.63) is 39.4 Å². The van der Waals surface area contributed by atoms with Gasteiger partial charge in [-0.05, 0) is 44.7 Å². The van der Waals surface area contributed by atoms with Gasteiger partial charge in [0.15, 0.2) is 0 Å². The molecule has 0 aliphatic carbocycles. The summed E-state index contributed by atoms with van der Waals surface area (Å²) in [7, 11) is 0. The summed E-state index contributed by atoms with van der Waals surface area (Å²) in [6.07, 6.45) is 0.0785. The molecule has 0 radical (unpaired) electrons. The van der Waals surface area contributed by atoms with Crippen LogP contribution in [0.1, 0.15) is 41.6 Å². The van der Waals surface area contributed by atoms with Crippen molar-refractivity contribution in [2.24, 2.45) is 0 Å². The smallest absolute Gasteiger partial charge is 0.272 e. The summed E-state index contributed by atoms with van der Waals surface area (Å²) < 4.78 is 25.0. The Bertz CT molecular complexity index is 812. The number of nitrogens with zero attached hydrogens (tertiary/aromatic N) is 3. The molecule has 1 atom stereocenters. The first-order chi connectivity index (χ1) is 14.3. The lowest BCUT2D eigenvalue weighted by Crippen LogP contribution is -2.51. The van der Waals surface area contributed by atoms with Crippen molar-refractivity contribution in [3.8, 4) is 0 Å². The lowest BCUT2D eigenvalue weighted by molar-refractivity contribution is -0.385. The Morgan fingerprint density at radius 3 is 2.53 bits per heavy atom. The molecule has 10 heteroatoms. The molecule has 1 N–H and O–H groups in total. The predicted octanol–water partition coefficient (Wildman–Crippen LogP) is 2.35. The van der Waals surface area contributed by atoms with Crippen LogP contribution in [-0.2, 0) is 4.79 Å². The predicted molar refractivity (Wildman–Crippen MR) is 106 cm³/mol. The topological polar surface area (TPSA) is 95.8 Å². The third kappa shape index (κ3) is 5.10. The SMILES string of the molecule is Cc1cc(C(=O)N2CCCC2C(=O)NC2CCN(CC(F)F)CC2)ccc1[N+](=O)[O-]. The van der Waals surface area contributed by atoms with Gasteiger partial charge in [0.2, 0.25) is 5.91 Å². The number of rotatable bonds is 6. The standard InChI is InChI=1S/C20H26F2N4O4/c1-13-11-14(4-5-16(13)26(29)30)20(28)25-8-2-3-17(25)19(27)23-15-6-9-24(10-7-15)12-18(21)22/h4-5,11,15,17-18H,2-3,6-10,12H2,1H3,(H,23,27). The van der Waals surface area contributed by atoms with Gasteiger partial charge in [-0.15, -0.1) is 0 Å². The highest BCUT2D eigenvalue weighted by molar-refractivity contribution is 5.98. The molecule has 2 aliphatic heterocycles. The van der Waals surface area contributed by atoms with Gasteiger partial charge in [0.25, 0.3) is 18.0 Å². The maximum absolute atomic E-state index is 12.9. The fraction of sp³-hybridized carbons (Fsp3) is 0.600. The zero-order valence-electron chi connectivity index (χ0n) is 16.9. The Kier molecular flexibility index (Phi) is 6.96. The molecule has 2 heterocycles. The number of carbonyl (C=O) groups excluding carboxylic acids is 2. The third-order valence-electron chi connectivity index (χ3n) is 5.79. The minimum absolute atomic E-state index is 0.0551. The van der Waals surface area contributed by atoms with E-state index in [0.29, 0.717) is 56.4 Å². The van der Waals surface area contributed by atoms with Crippen LogP contribution in [0.2, 0.25) is 0 Å². The number of benzene rings is 1. The fourth-order valence-corrected chi connectivity index (χ4v) is 4.19. The number of amides is 2. The molecule has 0 aromatic heterocycles. The van der Waals surface area contributed by atoms with Crippen LogP contribution in [0.25, 0.3) is 0 Å². The molecule has 1 unspecified atom stereocenters. The highest BCUT2D eigenvalue weighted by Gasteiger charge is 2.36. The van der Waals surface area contributed by atoms with Crippen LogP contribution in [0.4, 0.5) is 14.5 Å². The average Bonchev–Trinajstić information content (AvgIpc) is 3.18. The van der Waals surface area contributed by atoms with Crippen molar-refractivity contribution in [1.29, 1.82) is 0 Å². The van der Waals surface area contributed by atoms with E-state index in [1.807, 2.05) is 0 Å². The first-order valence-corrected chi connectivity index (χ1v) is 10.1. The van der Waals surface area contributed by atoms with Crippen LogP contribution < -0.4 is 5.32 Å². The van der Waals surface area contributed by atoms with Crippen molar-refractivity contribution in [3.63, 3.8) is 0 Å². The van der Waals surface area contributed by atoms with Crippen molar-refractivity contribution in [2.45, 2.75) is 51.1 Å². The van der Waals surface area contributed by atoms with Gasteiger partial charge in [-0.3, -0.25) is 24.6 Å². The normalized spacial score (nSPS) is 20.5. The summed E-state index contributed by atoms with van der Waals surface area (Å²) in [5.41, 5.74) is 0.653. The molecule has 2 aliphatic rings. The van der Waals surface area contributed by atoms with Gasteiger partial charge >= 0.3 is 0 Å². The van der Waals surface area contributed by atoms with Crippen LogP contribution in [0.15, 0.2) is 18.2 Å². The van der Waals surface area contributed by atoms with E-state index >= 15 is 0 Å². The number of hydrogen-bond donors (Lipinski definition) is 1. The Hall–Kier alpha value is -2.62. The van der Waals surface area contributed by atoms with E-state index in [2.05, 4.69) is 5.32 Å². The van der Waals surface area contributed by atoms with E-state index in [1.54, 1.807) is 11.8 Å². The molecular weight excluding hydrogens is 398 g/mol. The maximum Gasteiger partial charge on any atom is 0.272 e. The van der Waals surface area contributed by atoms with E-state index in [0.717, 1.165) is 0 Å². The Labute approximate surface area is 173 Å². The summed E-state index contributed by atoms with van der Waals surface area (Å²) in [5.74, 6) is -0.552. The summed E-state index contributed by atoms with van der Waals surface area (Å²) >= 11 is 0. The number of carbonyl (C=O) groups is 2. The number of hydrogen-bond acceptors (Lipinski definition) is 5. The number of alkyl halides is 2. The number of piperidine rings is 1. The molecule has 0 spiro atoms. The quantitative estimate of drug-likeness (QED) is 0.559. The van der Waals surface area contributed by atoms with Gasteiger partial charge in [0.1, 0.15) is 6.04 Å². The molecular formula is C20H26F2N4O4. The maximum atomic E-state index is 12.9. The van der Waals surface area contributed by atoms with Crippen molar-refractivity contribution >= 4 is 17.5 Å². The monoisotopic (exact) mass is 424 g/mol. The van der Waals surface area contributed by atoms with Crippen LogP contribution in [-0.4, -0.2) is 71.2 Å². The summed E-state index contributed by atoms with van der Waals surface area (Å²) in [4.78, 5) is 39.4. The lowest BCUT2D eigenvalue weighted by atomic mass is 10.0. The Morgan fingerprint density at radius 2 is 1.93 bits per heavy atom. The van der Waals surface area contributed by atoms with Crippen LogP contribution in [0.5, 0.6) is 0 Å². The number of halogens is 2. The molecule has 0 bridgehead atoms. The van der Waals surface area contributed by atoms with E-state index < -0.39 is 17.4 Å². The van der Waals surface area contributed by atoms with Crippen LogP contribution in [0.3, 0.4) is 0 Å². The zero-order chi connectivity index (χ0) is 21.8. The van der Waals surface area contributed by atoms with Crippen LogP contribution in [0, 0.1) is 17.0 Å². The summed E-state index contributed by atoms with van der Waals surface area (Å²) in [5, 5.41) is 13.9. The Morgan fingerprint density at radius 1 is 1.23 bits per heavy atom. The third-order valence-corrected chi connectivity index (χ3v) is 5.79. The van der Waals surface area contributed by atoms with E-state index in [9.17, 15) is 28.5 Å². The second kappa shape index (κ2) is 9.46. The number of likely N-dealkylation sites (tertiary alicyclic amines) is 2. The second-order valence-corrected chi connectivity index (χ2v) is 7.89. The van der Waals surface area contributed by atoms with Gasteiger partial charge in [-0.25, -0.2) is 8.78 Å². The minimum Gasteiger partial charge on any atom is -0.351 e. The van der Waals surface area contributed by atoms with Gasteiger partial charge in [-0.1, -0.05) is 0 Å². The summed E-state index contributed by atoms with van der Waals surface area (Å²) in [6, 6.07) is 3.52. The molecule has 2 saturated heterocycles. The van der Waals surface area contributed by atoms with Gasteiger partial charge in [-0.2, -0.15) is 0 Å². The first-order valence-electron chi connectivity index (χ1n) is 10.1. The minimum atomic E-state index is -2.36. The van der Waals surface area contributed by atoms with Gasteiger partial charge < -0.3 is 10.2 Å². The molecule has 2 fully saturated rings. The van der Waals surface area contributed by atoms with E-state index in [4.69, 9.17) is 0 Å². The van der Waals surface area contributed by atoms with Crippen LogP contribution >= 0.6 is 0 Å². The largest absolute Gasteiger partial charge is 0.351 e. The number of nitro groups is 1. The molecule has 0 saturated carbocycles. The fourth-order valence-electron chi connectivity index (χ4n) is 4.19. The molecule has 8 nitrogen and oxygen atoms in total. The van der Waals surface area contributed by atoms with Crippen molar-refractivity contribution in [1.82, 2.24) is 15.1 Å². The second-order valence-electron chi connectivity index (χ2n) is 7.89. The number of aryl methyl sites for hydroxylation is 1. The number of nitro benzene ring substituents is 1. The van der Waals surface area contributed by atoms with Gasteiger partial charge in [0.05, 0.1) is 11.5 Å². The molecule has 30 heavy (non-hydrogen) atoms. The van der Waals surface area contributed by atoms with Crippen molar-refractivity contribution < 1.29 is 23.3 Å². The van der Waals surface area contributed by atoms with Crippen molar-refractivity contribution in [2.75, 3.05) is 26.2 Å².